The zero-order valence-electron chi connectivity index (χ0n) is 15.6. The van der Waals surface area contributed by atoms with Gasteiger partial charge in [-0.15, -0.1) is 0 Å². The first kappa shape index (κ1) is 20.3. The highest BCUT2D eigenvalue weighted by molar-refractivity contribution is 6.32. The quantitative estimate of drug-likeness (QED) is 0.331. The molecule has 1 saturated heterocycles. The summed E-state index contributed by atoms with van der Waals surface area (Å²) in [6.45, 7) is 1.84. The molecule has 0 saturated carbocycles. The monoisotopic (exact) mass is 409 g/mol. The number of non-ortho nitro benzene ring substituents is 1. The Bertz CT molecular complexity index is 1060. The number of nitrogens with zero attached hydrogens (tertiary/aromatic N) is 3. The van der Waals surface area contributed by atoms with Crippen molar-refractivity contribution >= 4 is 41.3 Å². The Labute approximate surface area is 169 Å². The number of aryl methyl sites for hydroxylation is 1. The van der Waals surface area contributed by atoms with Crippen molar-refractivity contribution in [3.63, 3.8) is 0 Å². The Hall–Kier alpha value is -4.41. The molecule has 2 aromatic carbocycles. The lowest BCUT2D eigenvalue weighted by Gasteiger charge is -2.28. The molecule has 0 spiro atoms. The summed E-state index contributed by atoms with van der Waals surface area (Å²) < 4.78 is 0. The molecule has 2 N–H and O–H groups in total. The number of hydrogen-bond acceptors (Lipinski definition) is 7. The summed E-state index contributed by atoms with van der Waals surface area (Å²) in [4.78, 5) is 59.7. The van der Waals surface area contributed by atoms with E-state index in [0.29, 0.717) is 0 Å². The number of nitro groups is 1. The number of anilines is 1. The van der Waals surface area contributed by atoms with Crippen LogP contribution < -0.4 is 15.6 Å². The second kappa shape index (κ2) is 8.31. The highest BCUT2D eigenvalue weighted by atomic mass is 16.6. The van der Waals surface area contributed by atoms with Gasteiger partial charge in [-0.1, -0.05) is 17.7 Å². The number of barbiturate groups is 1. The first-order chi connectivity index (χ1) is 14.3. The second-order valence-corrected chi connectivity index (χ2v) is 6.30. The average Bonchev–Trinajstić information content (AvgIpc) is 2.71. The van der Waals surface area contributed by atoms with Crippen LogP contribution in [0.25, 0.3) is 0 Å². The maximum atomic E-state index is 12.7. The van der Waals surface area contributed by atoms with Crippen molar-refractivity contribution in [3.05, 3.63) is 69.8 Å². The molecule has 11 heteroatoms. The molecule has 152 valence electrons. The number of hydrogen-bond donors (Lipinski definition) is 2. The fourth-order valence-corrected chi connectivity index (χ4v) is 2.63. The number of carbonyl (C=O) groups excluding carboxylic acids is 4. The van der Waals surface area contributed by atoms with Gasteiger partial charge < -0.3 is 0 Å². The van der Waals surface area contributed by atoms with E-state index in [1.807, 2.05) is 6.92 Å². The first-order valence-corrected chi connectivity index (χ1v) is 8.61. The van der Waals surface area contributed by atoms with E-state index < -0.39 is 34.6 Å². The third-order valence-electron chi connectivity index (χ3n) is 4.22. The third-order valence-corrected chi connectivity index (χ3v) is 4.22. The molecule has 0 aromatic heterocycles. The highest BCUT2D eigenvalue weighted by Gasteiger charge is 2.40. The number of imide groups is 2. The summed E-state index contributed by atoms with van der Waals surface area (Å²) in [5.74, 6) is -3.82. The predicted octanol–water partition coefficient (Wildman–Crippen LogP) is 1.52. The van der Waals surface area contributed by atoms with Gasteiger partial charge >= 0.3 is 6.03 Å². The van der Waals surface area contributed by atoms with Crippen LogP contribution in [0.1, 0.15) is 15.9 Å². The highest BCUT2D eigenvalue weighted by Crippen LogP contribution is 2.20. The molecular weight excluding hydrogens is 394 g/mol. The number of nitrogens with one attached hydrogen (secondary N) is 2. The van der Waals surface area contributed by atoms with Gasteiger partial charge in [-0.3, -0.25) is 29.8 Å². The summed E-state index contributed by atoms with van der Waals surface area (Å²) in [6, 6.07) is 10.4. The molecule has 11 nitrogen and oxygen atoms in total. The van der Waals surface area contributed by atoms with E-state index in [1.165, 1.54) is 12.1 Å². The van der Waals surface area contributed by atoms with Crippen molar-refractivity contribution in [1.29, 1.82) is 0 Å². The number of benzene rings is 2. The van der Waals surface area contributed by atoms with Gasteiger partial charge in [0.2, 0.25) is 5.91 Å². The van der Waals surface area contributed by atoms with Gasteiger partial charge in [0.15, 0.2) is 5.92 Å². The number of urea groups is 1. The first-order valence-electron chi connectivity index (χ1n) is 8.61. The molecule has 0 aliphatic carbocycles. The van der Waals surface area contributed by atoms with Crippen molar-refractivity contribution in [2.24, 2.45) is 11.0 Å². The van der Waals surface area contributed by atoms with Gasteiger partial charge in [0.05, 0.1) is 10.6 Å². The summed E-state index contributed by atoms with van der Waals surface area (Å²) >= 11 is 0. The van der Waals surface area contributed by atoms with E-state index in [9.17, 15) is 29.3 Å². The average molecular weight is 409 g/mol. The van der Waals surface area contributed by atoms with Crippen molar-refractivity contribution < 1.29 is 24.1 Å². The van der Waals surface area contributed by atoms with E-state index in [4.69, 9.17) is 0 Å². The molecule has 0 unspecified atom stereocenters. The van der Waals surface area contributed by atoms with E-state index in [1.54, 1.807) is 24.3 Å². The molecule has 3 rings (SSSR count). The van der Waals surface area contributed by atoms with Crippen LogP contribution in [0.4, 0.5) is 16.2 Å². The number of amides is 5. The van der Waals surface area contributed by atoms with Gasteiger partial charge in [-0.05, 0) is 31.2 Å². The number of carbonyl (C=O) groups is 4. The van der Waals surface area contributed by atoms with E-state index >= 15 is 0 Å². The standard InChI is InChI=1S/C19H15N5O6/c1-11-2-6-13(7-3-11)23-18(27)15(17(26)21-19(23)28)10-20-22-16(25)12-4-8-14(9-5-12)24(29)30/h2-10,15H,1H3,(H,22,25)(H,21,26,28)/b20-10-/t15-/m1/s1. The summed E-state index contributed by atoms with van der Waals surface area (Å²) in [6.07, 6.45) is 0.911. The molecule has 30 heavy (non-hydrogen) atoms. The van der Waals surface area contributed by atoms with Crippen LogP contribution in [-0.2, 0) is 9.59 Å². The van der Waals surface area contributed by atoms with Gasteiger partial charge in [0.1, 0.15) is 0 Å². The third kappa shape index (κ3) is 4.19. The molecule has 1 fully saturated rings. The van der Waals surface area contributed by atoms with Crippen LogP contribution in [0.3, 0.4) is 0 Å². The molecule has 1 aliphatic rings. The van der Waals surface area contributed by atoms with E-state index in [-0.39, 0.29) is 16.9 Å². The van der Waals surface area contributed by atoms with Gasteiger partial charge in [0.25, 0.3) is 17.5 Å². The lowest BCUT2D eigenvalue weighted by atomic mass is 10.1. The van der Waals surface area contributed by atoms with Crippen molar-refractivity contribution in [2.75, 3.05) is 4.90 Å². The summed E-state index contributed by atoms with van der Waals surface area (Å²) in [5.41, 5.74) is 3.25. The molecule has 0 bridgehead atoms. The topological polar surface area (TPSA) is 151 Å². The van der Waals surface area contributed by atoms with E-state index in [0.717, 1.165) is 28.8 Å². The van der Waals surface area contributed by atoms with Crippen LogP contribution in [0, 0.1) is 23.0 Å². The van der Waals surface area contributed by atoms with Crippen LogP contribution in [0.2, 0.25) is 0 Å². The molecule has 5 amide bonds. The fraction of sp³-hybridized carbons (Fsp3) is 0.105. The van der Waals surface area contributed by atoms with E-state index in [2.05, 4.69) is 15.8 Å². The van der Waals surface area contributed by atoms with Crippen LogP contribution >= 0.6 is 0 Å². The van der Waals surface area contributed by atoms with Crippen molar-refractivity contribution in [2.45, 2.75) is 6.92 Å². The Kier molecular flexibility index (Phi) is 5.63. The molecule has 0 radical (unpaired) electrons. The van der Waals surface area contributed by atoms with Crippen LogP contribution in [0.5, 0.6) is 0 Å². The normalized spacial score (nSPS) is 16.5. The SMILES string of the molecule is Cc1ccc(N2C(=O)NC(=O)[C@@H](/C=N\NC(=O)c3ccc([N+](=O)[O-])cc3)C2=O)cc1. The number of nitro benzene ring substituents is 1. The lowest BCUT2D eigenvalue weighted by Crippen LogP contribution is -2.58. The molecule has 2 aromatic rings. The predicted molar refractivity (Wildman–Crippen MR) is 105 cm³/mol. The summed E-state index contributed by atoms with van der Waals surface area (Å²) in [7, 11) is 0. The minimum atomic E-state index is -1.43. The minimum absolute atomic E-state index is 0.0913. The lowest BCUT2D eigenvalue weighted by molar-refractivity contribution is -0.384. The van der Waals surface area contributed by atoms with Gasteiger partial charge in [0, 0.05) is 23.9 Å². The zero-order valence-corrected chi connectivity index (χ0v) is 15.6. The smallest absolute Gasteiger partial charge is 0.276 e. The number of rotatable bonds is 5. The van der Waals surface area contributed by atoms with Crippen LogP contribution in [-0.4, -0.2) is 34.9 Å². The van der Waals surface area contributed by atoms with Gasteiger partial charge in [-0.2, -0.15) is 5.10 Å². The second-order valence-electron chi connectivity index (χ2n) is 6.30. The Morgan fingerprint density at radius 1 is 1.13 bits per heavy atom. The maximum absolute atomic E-state index is 12.7. The fourth-order valence-electron chi connectivity index (χ4n) is 2.63. The Balaban J connectivity index is 1.71. The molecule has 1 heterocycles. The van der Waals surface area contributed by atoms with Crippen molar-refractivity contribution in [3.8, 4) is 0 Å². The summed E-state index contributed by atoms with van der Waals surface area (Å²) in [5, 5.41) is 16.3. The Morgan fingerprint density at radius 3 is 2.37 bits per heavy atom. The number of hydrazone groups is 1. The Morgan fingerprint density at radius 2 is 1.77 bits per heavy atom. The zero-order chi connectivity index (χ0) is 21.8. The maximum Gasteiger partial charge on any atom is 0.335 e. The van der Waals surface area contributed by atoms with Crippen molar-refractivity contribution in [1.82, 2.24) is 10.7 Å². The molecule has 1 aliphatic heterocycles. The van der Waals surface area contributed by atoms with Gasteiger partial charge in [-0.25, -0.2) is 15.1 Å². The molecule has 1 atom stereocenters. The molecular formula is C19H15N5O6. The largest absolute Gasteiger partial charge is 0.335 e. The minimum Gasteiger partial charge on any atom is -0.276 e. The van der Waals surface area contributed by atoms with Crippen LogP contribution in [0.15, 0.2) is 53.6 Å².